The van der Waals surface area contributed by atoms with Crippen LogP contribution in [0.15, 0.2) is 29.1 Å². The fourth-order valence-corrected chi connectivity index (χ4v) is 4.19. The first-order chi connectivity index (χ1) is 14.5. The quantitative estimate of drug-likeness (QED) is 0.780. The second-order valence-electron chi connectivity index (χ2n) is 7.81. The third kappa shape index (κ3) is 3.30. The normalized spacial score (nSPS) is 22.3. The zero-order chi connectivity index (χ0) is 20.8. The summed E-state index contributed by atoms with van der Waals surface area (Å²) in [6, 6.07) is 5.12. The van der Waals surface area contributed by atoms with E-state index in [4.69, 9.17) is 4.74 Å². The molecule has 1 aromatic carbocycles. The maximum atomic E-state index is 13.4. The molecule has 10 heteroatoms. The Morgan fingerprint density at radius 2 is 2.03 bits per heavy atom. The smallest absolute Gasteiger partial charge is 0.352 e. The average Bonchev–Trinajstić information content (AvgIpc) is 3.06. The van der Waals surface area contributed by atoms with Gasteiger partial charge in [-0.25, -0.2) is 13.6 Å². The van der Waals surface area contributed by atoms with Gasteiger partial charge in [-0.3, -0.25) is 9.36 Å². The van der Waals surface area contributed by atoms with Crippen LogP contribution >= 0.6 is 0 Å². The SMILES string of the molecule is O=C(C1CCN1)N1CCN2c3cc(OCc4ccc(F)c(F)c4)nc(=O)n3CC2C1. The Labute approximate surface area is 171 Å². The summed E-state index contributed by atoms with van der Waals surface area (Å²) in [6.45, 7) is 3.08. The van der Waals surface area contributed by atoms with Gasteiger partial charge in [0.05, 0.1) is 18.6 Å². The molecule has 30 heavy (non-hydrogen) atoms. The molecule has 0 aliphatic carbocycles. The summed E-state index contributed by atoms with van der Waals surface area (Å²) < 4.78 is 33.6. The van der Waals surface area contributed by atoms with Gasteiger partial charge in [0.15, 0.2) is 11.6 Å². The minimum atomic E-state index is -0.953. The molecular formula is C20H21F2N5O3. The number of nitrogens with zero attached hydrogens (tertiary/aromatic N) is 4. The highest BCUT2D eigenvalue weighted by Gasteiger charge is 2.39. The van der Waals surface area contributed by atoms with E-state index in [0.29, 0.717) is 37.6 Å². The zero-order valence-corrected chi connectivity index (χ0v) is 16.2. The number of halogens is 2. The van der Waals surface area contributed by atoms with Crippen LogP contribution in [0.3, 0.4) is 0 Å². The van der Waals surface area contributed by atoms with Crippen LogP contribution in [-0.4, -0.2) is 58.6 Å². The van der Waals surface area contributed by atoms with Crippen LogP contribution in [0.2, 0.25) is 0 Å². The average molecular weight is 417 g/mol. The monoisotopic (exact) mass is 417 g/mol. The molecule has 0 spiro atoms. The molecule has 4 heterocycles. The highest BCUT2D eigenvalue weighted by atomic mass is 19.2. The molecular weight excluding hydrogens is 396 g/mol. The van der Waals surface area contributed by atoms with Gasteiger partial charge in [0.1, 0.15) is 12.4 Å². The number of amides is 1. The van der Waals surface area contributed by atoms with Crippen LogP contribution in [0, 0.1) is 11.6 Å². The summed E-state index contributed by atoms with van der Waals surface area (Å²) in [5.74, 6) is -0.921. The predicted molar refractivity (Wildman–Crippen MR) is 103 cm³/mol. The highest BCUT2D eigenvalue weighted by molar-refractivity contribution is 5.83. The number of piperazine rings is 1. The van der Waals surface area contributed by atoms with Gasteiger partial charge in [0.25, 0.3) is 0 Å². The van der Waals surface area contributed by atoms with E-state index in [1.54, 1.807) is 10.6 Å². The lowest BCUT2D eigenvalue weighted by atomic mass is 10.0. The summed E-state index contributed by atoms with van der Waals surface area (Å²) in [4.78, 5) is 33.0. The van der Waals surface area contributed by atoms with Crippen molar-refractivity contribution in [1.82, 2.24) is 19.8 Å². The van der Waals surface area contributed by atoms with Crippen molar-refractivity contribution in [2.45, 2.75) is 31.7 Å². The molecule has 2 fully saturated rings. The summed E-state index contributed by atoms with van der Waals surface area (Å²) in [6.07, 6.45) is 0.867. The maximum absolute atomic E-state index is 13.4. The second-order valence-corrected chi connectivity index (χ2v) is 7.81. The van der Waals surface area contributed by atoms with Crippen LogP contribution in [0.1, 0.15) is 12.0 Å². The van der Waals surface area contributed by atoms with E-state index in [9.17, 15) is 18.4 Å². The van der Waals surface area contributed by atoms with Crippen molar-refractivity contribution in [3.63, 3.8) is 0 Å². The maximum Gasteiger partial charge on any atom is 0.352 e. The molecule has 2 atom stereocenters. The van der Waals surface area contributed by atoms with Crippen molar-refractivity contribution in [3.8, 4) is 5.88 Å². The molecule has 2 saturated heterocycles. The number of hydrogen-bond acceptors (Lipinski definition) is 6. The molecule has 3 aliphatic heterocycles. The Hall–Kier alpha value is -3.01. The van der Waals surface area contributed by atoms with Gasteiger partial charge in [-0.15, -0.1) is 0 Å². The molecule has 3 aliphatic rings. The molecule has 1 aromatic heterocycles. The van der Waals surface area contributed by atoms with Gasteiger partial charge < -0.3 is 19.9 Å². The third-order valence-electron chi connectivity index (χ3n) is 5.94. The van der Waals surface area contributed by atoms with Crippen LogP contribution in [-0.2, 0) is 17.9 Å². The van der Waals surface area contributed by atoms with E-state index in [-0.39, 0.29) is 30.5 Å². The van der Waals surface area contributed by atoms with E-state index in [2.05, 4.69) is 15.2 Å². The largest absolute Gasteiger partial charge is 0.473 e. The number of carbonyl (C=O) groups is 1. The van der Waals surface area contributed by atoms with E-state index in [1.165, 1.54) is 6.07 Å². The van der Waals surface area contributed by atoms with Crippen LogP contribution in [0.25, 0.3) is 0 Å². The first-order valence-electron chi connectivity index (χ1n) is 9.97. The van der Waals surface area contributed by atoms with E-state index < -0.39 is 17.3 Å². The number of ether oxygens (including phenoxy) is 1. The molecule has 158 valence electrons. The van der Waals surface area contributed by atoms with Gasteiger partial charge >= 0.3 is 5.69 Å². The number of benzene rings is 1. The lowest BCUT2D eigenvalue weighted by Crippen LogP contribution is -2.60. The third-order valence-corrected chi connectivity index (χ3v) is 5.94. The Kier molecular flexibility index (Phi) is 4.65. The molecule has 5 rings (SSSR count). The van der Waals surface area contributed by atoms with Crippen molar-refractivity contribution < 1.29 is 18.3 Å². The zero-order valence-electron chi connectivity index (χ0n) is 16.2. The first-order valence-corrected chi connectivity index (χ1v) is 9.97. The van der Waals surface area contributed by atoms with Crippen LogP contribution < -0.4 is 20.6 Å². The van der Waals surface area contributed by atoms with E-state index in [0.717, 1.165) is 25.1 Å². The minimum absolute atomic E-state index is 0.0127. The lowest BCUT2D eigenvalue weighted by molar-refractivity contribution is -0.136. The van der Waals surface area contributed by atoms with Gasteiger partial charge in [-0.2, -0.15) is 4.98 Å². The molecule has 0 saturated carbocycles. The fourth-order valence-electron chi connectivity index (χ4n) is 4.19. The van der Waals surface area contributed by atoms with Crippen molar-refractivity contribution in [3.05, 3.63) is 51.9 Å². The van der Waals surface area contributed by atoms with E-state index in [1.807, 2.05) is 4.90 Å². The first kappa shape index (κ1) is 19.0. The van der Waals surface area contributed by atoms with E-state index >= 15 is 0 Å². The number of nitrogens with one attached hydrogen (secondary N) is 1. The van der Waals surface area contributed by atoms with Gasteiger partial charge in [-0.1, -0.05) is 6.07 Å². The van der Waals surface area contributed by atoms with Crippen molar-refractivity contribution in [2.24, 2.45) is 0 Å². The Morgan fingerprint density at radius 1 is 1.20 bits per heavy atom. The number of hydrogen-bond donors (Lipinski definition) is 1. The van der Waals surface area contributed by atoms with Crippen molar-refractivity contribution in [1.29, 1.82) is 0 Å². The summed E-state index contributed by atoms with van der Waals surface area (Å²) in [7, 11) is 0. The number of anilines is 1. The summed E-state index contributed by atoms with van der Waals surface area (Å²) in [5, 5.41) is 3.14. The molecule has 0 bridgehead atoms. The number of aromatic nitrogens is 2. The Bertz CT molecular complexity index is 1060. The van der Waals surface area contributed by atoms with Crippen molar-refractivity contribution >= 4 is 11.7 Å². The molecule has 2 aromatic rings. The lowest BCUT2D eigenvalue weighted by Gasteiger charge is -2.41. The number of carbonyl (C=O) groups excluding carboxylic acids is 1. The van der Waals surface area contributed by atoms with Crippen LogP contribution in [0.4, 0.5) is 14.6 Å². The number of fused-ring (bicyclic) bond motifs is 3. The van der Waals surface area contributed by atoms with Crippen LogP contribution in [0.5, 0.6) is 5.88 Å². The predicted octanol–water partition coefficient (Wildman–Crippen LogP) is 0.493. The van der Waals surface area contributed by atoms with Gasteiger partial charge in [0, 0.05) is 25.7 Å². The fraction of sp³-hybridized carbons (Fsp3) is 0.450. The molecule has 1 amide bonds. The number of rotatable bonds is 4. The minimum Gasteiger partial charge on any atom is -0.473 e. The topological polar surface area (TPSA) is 79.7 Å². The molecule has 8 nitrogen and oxygen atoms in total. The molecule has 2 unspecified atom stereocenters. The van der Waals surface area contributed by atoms with Crippen molar-refractivity contribution in [2.75, 3.05) is 31.1 Å². The Balaban J connectivity index is 1.30. The standard InChI is InChI=1S/C20H21F2N5O3/c21-14-2-1-12(7-15(14)22)11-30-17-8-18-26-6-5-25(19(28)16-3-4-23-16)9-13(26)10-27(18)20(29)24-17/h1-2,7-8,13,16,23H,3-6,9-11H2. The Morgan fingerprint density at radius 3 is 2.77 bits per heavy atom. The van der Waals surface area contributed by atoms with Gasteiger partial charge in [0.2, 0.25) is 11.8 Å². The summed E-state index contributed by atoms with van der Waals surface area (Å²) in [5.41, 5.74) is 0.00614. The summed E-state index contributed by atoms with van der Waals surface area (Å²) >= 11 is 0. The molecule has 1 N–H and O–H groups in total. The highest BCUT2D eigenvalue weighted by Crippen LogP contribution is 2.29. The molecule has 0 radical (unpaired) electrons. The van der Waals surface area contributed by atoms with Gasteiger partial charge in [-0.05, 0) is 30.7 Å². The second kappa shape index (κ2) is 7.35.